The first-order valence-electron chi connectivity index (χ1n) is 6.05. The minimum atomic E-state index is 0.838. The van der Waals surface area contributed by atoms with E-state index in [1.54, 1.807) is 0 Å². The molecule has 0 saturated carbocycles. The standard InChI is InChI=1S/C14H21BrO/c1-3-4-5-6-7-16-14-9-12(2)8-13(10-14)11-15/h8-10H,3-7,11H2,1-2H3. The monoisotopic (exact) mass is 284 g/mol. The average Bonchev–Trinajstić information content (AvgIpc) is 2.28. The lowest BCUT2D eigenvalue weighted by Gasteiger charge is -2.08. The predicted octanol–water partition coefficient (Wildman–Crippen LogP) is 4.85. The van der Waals surface area contributed by atoms with Crippen LogP contribution in [0.2, 0.25) is 0 Å². The van der Waals surface area contributed by atoms with Crippen LogP contribution in [0.1, 0.15) is 43.7 Å². The normalized spacial score (nSPS) is 10.4. The number of halogens is 1. The van der Waals surface area contributed by atoms with E-state index in [1.807, 2.05) is 0 Å². The van der Waals surface area contributed by atoms with Gasteiger partial charge in [-0.2, -0.15) is 0 Å². The van der Waals surface area contributed by atoms with Crippen molar-refractivity contribution in [1.29, 1.82) is 0 Å². The molecule has 90 valence electrons. The number of unbranched alkanes of at least 4 members (excludes halogenated alkanes) is 3. The second-order valence-electron chi connectivity index (χ2n) is 4.20. The van der Waals surface area contributed by atoms with Gasteiger partial charge >= 0.3 is 0 Å². The molecule has 0 aliphatic carbocycles. The summed E-state index contributed by atoms with van der Waals surface area (Å²) in [5.41, 5.74) is 2.55. The van der Waals surface area contributed by atoms with Crippen LogP contribution < -0.4 is 4.74 Å². The second kappa shape index (κ2) is 7.72. The average molecular weight is 285 g/mol. The van der Waals surface area contributed by atoms with Crippen LogP contribution in [-0.4, -0.2) is 6.61 Å². The van der Waals surface area contributed by atoms with Gasteiger partial charge in [-0.05, 0) is 36.6 Å². The lowest BCUT2D eigenvalue weighted by Crippen LogP contribution is -1.98. The van der Waals surface area contributed by atoms with E-state index in [1.165, 1.54) is 30.4 Å². The Morgan fingerprint density at radius 3 is 2.62 bits per heavy atom. The smallest absolute Gasteiger partial charge is 0.119 e. The molecule has 0 fully saturated rings. The van der Waals surface area contributed by atoms with Gasteiger partial charge in [0.15, 0.2) is 0 Å². The SMILES string of the molecule is CCCCCCOc1cc(C)cc(CBr)c1. The molecule has 2 heteroatoms. The Balaban J connectivity index is 2.38. The van der Waals surface area contributed by atoms with E-state index in [-0.39, 0.29) is 0 Å². The van der Waals surface area contributed by atoms with E-state index in [2.05, 4.69) is 48.0 Å². The summed E-state index contributed by atoms with van der Waals surface area (Å²) in [5, 5.41) is 0.890. The van der Waals surface area contributed by atoms with Gasteiger partial charge in [0.05, 0.1) is 6.61 Å². The van der Waals surface area contributed by atoms with Crippen molar-refractivity contribution in [3.8, 4) is 5.75 Å². The first kappa shape index (κ1) is 13.6. The van der Waals surface area contributed by atoms with Gasteiger partial charge < -0.3 is 4.74 Å². The Labute approximate surface area is 107 Å². The van der Waals surface area contributed by atoms with Gasteiger partial charge in [-0.3, -0.25) is 0 Å². The zero-order valence-corrected chi connectivity index (χ0v) is 11.8. The molecule has 0 heterocycles. The Kier molecular flexibility index (Phi) is 6.55. The molecule has 0 aromatic heterocycles. The summed E-state index contributed by atoms with van der Waals surface area (Å²) >= 11 is 3.47. The number of hydrogen-bond acceptors (Lipinski definition) is 1. The van der Waals surface area contributed by atoms with E-state index in [0.717, 1.165) is 24.1 Å². The van der Waals surface area contributed by atoms with Crippen molar-refractivity contribution in [2.75, 3.05) is 6.61 Å². The molecule has 0 radical (unpaired) electrons. The summed E-state index contributed by atoms with van der Waals surface area (Å²) in [6.07, 6.45) is 5.01. The second-order valence-corrected chi connectivity index (χ2v) is 4.76. The molecule has 0 bridgehead atoms. The highest BCUT2D eigenvalue weighted by Crippen LogP contribution is 2.19. The molecule has 1 aromatic carbocycles. The third-order valence-corrected chi connectivity index (χ3v) is 3.18. The fourth-order valence-corrected chi connectivity index (χ4v) is 2.03. The number of aryl methyl sites for hydroxylation is 1. The van der Waals surface area contributed by atoms with Gasteiger partial charge in [-0.25, -0.2) is 0 Å². The third-order valence-electron chi connectivity index (χ3n) is 2.53. The summed E-state index contributed by atoms with van der Waals surface area (Å²) in [6.45, 7) is 5.17. The molecule has 1 rings (SSSR count). The summed E-state index contributed by atoms with van der Waals surface area (Å²) in [6, 6.07) is 6.40. The Hall–Kier alpha value is -0.500. The Bertz CT molecular complexity index is 310. The van der Waals surface area contributed by atoms with Crippen molar-refractivity contribution in [2.24, 2.45) is 0 Å². The first-order chi connectivity index (χ1) is 7.76. The Morgan fingerprint density at radius 1 is 1.12 bits per heavy atom. The van der Waals surface area contributed by atoms with Crippen LogP contribution in [0.3, 0.4) is 0 Å². The topological polar surface area (TPSA) is 9.23 Å². The maximum Gasteiger partial charge on any atom is 0.119 e. The van der Waals surface area contributed by atoms with Gasteiger partial charge in [-0.1, -0.05) is 48.2 Å². The van der Waals surface area contributed by atoms with E-state index in [4.69, 9.17) is 4.74 Å². The largest absolute Gasteiger partial charge is 0.494 e. The van der Waals surface area contributed by atoms with Crippen LogP contribution in [0.25, 0.3) is 0 Å². The molecule has 0 atom stereocenters. The van der Waals surface area contributed by atoms with Crippen LogP contribution in [0.5, 0.6) is 5.75 Å². The van der Waals surface area contributed by atoms with Crippen molar-refractivity contribution >= 4 is 15.9 Å². The third kappa shape index (κ3) is 5.02. The number of alkyl halides is 1. The number of hydrogen-bond donors (Lipinski definition) is 0. The van der Waals surface area contributed by atoms with Gasteiger partial charge in [0.2, 0.25) is 0 Å². The lowest BCUT2D eigenvalue weighted by molar-refractivity contribution is 0.304. The van der Waals surface area contributed by atoms with Crippen LogP contribution in [0, 0.1) is 6.92 Å². The van der Waals surface area contributed by atoms with Crippen molar-refractivity contribution in [2.45, 2.75) is 44.9 Å². The number of ether oxygens (including phenoxy) is 1. The summed E-state index contributed by atoms with van der Waals surface area (Å²) in [4.78, 5) is 0. The van der Waals surface area contributed by atoms with Crippen LogP contribution in [0.4, 0.5) is 0 Å². The van der Waals surface area contributed by atoms with Gasteiger partial charge in [0, 0.05) is 5.33 Å². The van der Waals surface area contributed by atoms with Crippen molar-refractivity contribution in [3.05, 3.63) is 29.3 Å². The highest BCUT2D eigenvalue weighted by Gasteiger charge is 1.98. The molecule has 0 N–H and O–H groups in total. The minimum Gasteiger partial charge on any atom is -0.494 e. The molecule has 0 spiro atoms. The fraction of sp³-hybridized carbons (Fsp3) is 0.571. The summed E-state index contributed by atoms with van der Waals surface area (Å²) in [7, 11) is 0. The van der Waals surface area contributed by atoms with Crippen molar-refractivity contribution < 1.29 is 4.74 Å². The molecule has 0 amide bonds. The zero-order valence-electron chi connectivity index (χ0n) is 10.3. The molecule has 1 aromatic rings. The van der Waals surface area contributed by atoms with Crippen molar-refractivity contribution in [3.63, 3.8) is 0 Å². The van der Waals surface area contributed by atoms with Crippen LogP contribution in [-0.2, 0) is 5.33 Å². The van der Waals surface area contributed by atoms with E-state index in [0.29, 0.717) is 0 Å². The molecular formula is C14H21BrO. The molecule has 0 aliphatic heterocycles. The van der Waals surface area contributed by atoms with Crippen LogP contribution in [0.15, 0.2) is 18.2 Å². The summed E-state index contributed by atoms with van der Waals surface area (Å²) < 4.78 is 5.76. The predicted molar refractivity (Wildman–Crippen MR) is 73.4 cm³/mol. The lowest BCUT2D eigenvalue weighted by atomic mass is 10.1. The highest BCUT2D eigenvalue weighted by molar-refractivity contribution is 9.08. The van der Waals surface area contributed by atoms with Gasteiger partial charge in [-0.15, -0.1) is 0 Å². The van der Waals surface area contributed by atoms with E-state index >= 15 is 0 Å². The molecule has 0 saturated heterocycles. The van der Waals surface area contributed by atoms with Gasteiger partial charge in [0.25, 0.3) is 0 Å². The molecule has 1 nitrogen and oxygen atoms in total. The number of rotatable bonds is 7. The van der Waals surface area contributed by atoms with Crippen molar-refractivity contribution in [1.82, 2.24) is 0 Å². The molecular weight excluding hydrogens is 264 g/mol. The highest BCUT2D eigenvalue weighted by atomic mass is 79.9. The Morgan fingerprint density at radius 2 is 1.94 bits per heavy atom. The maximum atomic E-state index is 5.76. The maximum absolute atomic E-state index is 5.76. The number of benzene rings is 1. The quantitative estimate of drug-likeness (QED) is 0.514. The molecule has 0 aliphatic rings. The van der Waals surface area contributed by atoms with Gasteiger partial charge in [0.1, 0.15) is 5.75 Å². The first-order valence-corrected chi connectivity index (χ1v) is 7.17. The van der Waals surface area contributed by atoms with E-state index in [9.17, 15) is 0 Å². The fourth-order valence-electron chi connectivity index (χ4n) is 1.70. The minimum absolute atomic E-state index is 0.838. The molecule has 0 unspecified atom stereocenters. The van der Waals surface area contributed by atoms with Crippen LogP contribution >= 0.6 is 15.9 Å². The summed E-state index contributed by atoms with van der Waals surface area (Å²) in [5.74, 6) is 1.01. The van der Waals surface area contributed by atoms with E-state index < -0.39 is 0 Å². The molecule has 16 heavy (non-hydrogen) atoms. The zero-order chi connectivity index (χ0) is 11.8.